The zero-order valence-electron chi connectivity index (χ0n) is 24.4. The van der Waals surface area contributed by atoms with E-state index < -0.39 is 16.3 Å². The zero-order valence-corrected chi connectivity index (χ0v) is 25.2. The van der Waals surface area contributed by atoms with Gasteiger partial charge in [0.1, 0.15) is 11.6 Å². The molecule has 0 spiro atoms. The third-order valence-electron chi connectivity index (χ3n) is 8.11. The van der Waals surface area contributed by atoms with Crippen LogP contribution in [0, 0.1) is 11.8 Å². The number of carbonyl (C=O) groups is 1. The first-order chi connectivity index (χ1) is 20.9. The molecule has 11 nitrogen and oxygen atoms in total. The number of ether oxygens (including phenoxy) is 3. The van der Waals surface area contributed by atoms with Gasteiger partial charge in [0.2, 0.25) is 16.3 Å². The summed E-state index contributed by atoms with van der Waals surface area (Å²) in [5.74, 6) is 1.60. The van der Waals surface area contributed by atoms with E-state index in [4.69, 9.17) is 14.2 Å². The number of nitrogens with zero attached hydrogens (tertiary/aromatic N) is 2. The molecule has 12 heteroatoms. The number of methoxy groups -OCH3 is 1. The third-order valence-corrected chi connectivity index (χ3v) is 10.0. The number of allylic oxidation sites excluding steroid dienone is 1. The van der Waals surface area contributed by atoms with Gasteiger partial charge in [0.15, 0.2) is 5.76 Å². The number of imidazole rings is 1. The van der Waals surface area contributed by atoms with E-state index in [1.165, 1.54) is 30.0 Å². The number of amides is 1. The van der Waals surface area contributed by atoms with E-state index in [1.807, 2.05) is 30.3 Å². The molecule has 1 aliphatic heterocycles. The number of carbonyl (C=O) groups excluding carboxylic acids is 1. The lowest BCUT2D eigenvalue weighted by atomic mass is 9.77. The summed E-state index contributed by atoms with van der Waals surface area (Å²) in [4.78, 5) is 21.1. The van der Waals surface area contributed by atoms with Crippen molar-refractivity contribution in [3.05, 3.63) is 66.2 Å². The minimum Gasteiger partial charge on any atom is -0.497 e. The number of H-pyrrole nitrogens is 1. The Hall–Kier alpha value is -3.45. The zero-order chi connectivity index (χ0) is 30.2. The first-order valence-electron chi connectivity index (χ1n) is 14.8. The molecular formula is C31H40N4O7S. The maximum atomic E-state index is 13.3. The largest absolute Gasteiger partial charge is 0.497 e. The van der Waals surface area contributed by atoms with Crippen LogP contribution in [0.3, 0.4) is 0 Å². The van der Waals surface area contributed by atoms with E-state index in [1.54, 1.807) is 12.1 Å². The van der Waals surface area contributed by atoms with Gasteiger partial charge in [-0.3, -0.25) is 4.79 Å². The molecule has 3 aromatic rings. The quantitative estimate of drug-likeness (QED) is 0.265. The van der Waals surface area contributed by atoms with Gasteiger partial charge in [0.05, 0.1) is 42.8 Å². The van der Waals surface area contributed by atoms with Crippen LogP contribution in [0.1, 0.15) is 44.3 Å². The second kappa shape index (κ2) is 14.3. The minimum atomic E-state index is -3.87. The Labute approximate surface area is 252 Å². The van der Waals surface area contributed by atoms with Crippen molar-refractivity contribution in [2.45, 2.75) is 56.3 Å². The van der Waals surface area contributed by atoms with Crippen LogP contribution in [0.2, 0.25) is 0 Å². The molecule has 2 aliphatic rings. The van der Waals surface area contributed by atoms with Gasteiger partial charge in [-0.05, 0) is 67.2 Å². The molecule has 232 valence electrons. The number of aliphatic hydroxyl groups is 1. The molecule has 0 bridgehead atoms. The Balaban J connectivity index is 1.23. The van der Waals surface area contributed by atoms with Crippen molar-refractivity contribution in [1.29, 1.82) is 0 Å². The fourth-order valence-electron chi connectivity index (χ4n) is 5.82. The average molecular weight is 613 g/mol. The number of sulfonamides is 1. The number of aliphatic hydroxyl groups excluding tert-OH is 1. The minimum absolute atomic E-state index is 0.0141. The number of para-hydroxylation sites is 2. The highest BCUT2D eigenvalue weighted by Gasteiger charge is 2.33. The number of hydrogen-bond acceptors (Lipinski definition) is 8. The van der Waals surface area contributed by atoms with Gasteiger partial charge >= 0.3 is 0 Å². The molecule has 0 radical (unpaired) electrons. The summed E-state index contributed by atoms with van der Waals surface area (Å²) >= 11 is 0. The predicted molar refractivity (Wildman–Crippen MR) is 160 cm³/mol. The molecule has 2 heterocycles. The molecule has 0 unspecified atom stereocenters. The number of hydrogen-bond donors (Lipinski definition) is 3. The van der Waals surface area contributed by atoms with E-state index in [-0.39, 0.29) is 55.3 Å². The smallest absolute Gasteiger partial charge is 0.286 e. The summed E-state index contributed by atoms with van der Waals surface area (Å²) in [5, 5.41) is 12.5. The van der Waals surface area contributed by atoms with Crippen LogP contribution in [0.4, 0.5) is 0 Å². The van der Waals surface area contributed by atoms with Crippen molar-refractivity contribution >= 4 is 27.0 Å². The van der Waals surface area contributed by atoms with Crippen LogP contribution in [0.25, 0.3) is 11.0 Å². The third kappa shape index (κ3) is 7.74. The number of aromatic amines is 1. The molecule has 1 saturated carbocycles. The van der Waals surface area contributed by atoms with Crippen molar-refractivity contribution in [2.24, 2.45) is 11.8 Å². The van der Waals surface area contributed by atoms with Gasteiger partial charge in [-0.1, -0.05) is 31.4 Å². The van der Waals surface area contributed by atoms with Crippen molar-refractivity contribution in [2.75, 3.05) is 33.4 Å². The van der Waals surface area contributed by atoms with Crippen molar-refractivity contribution in [1.82, 2.24) is 19.6 Å². The Bertz CT molecular complexity index is 1470. The van der Waals surface area contributed by atoms with Gasteiger partial charge in [0.25, 0.3) is 5.91 Å². The molecular weight excluding hydrogens is 572 g/mol. The van der Waals surface area contributed by atoms with Gasteiger partial charge < -0.3 is 29.6 Å². The molecule has 1 aromatic heterocycles. The molecule has 3 N–H and O–H groups in total. The fraction of sp³-hybridized carbons (Fsp3) is 0.484. The lowest BCUT2D eigenvalue weighted by Gasteiger charge is -2.35. The summed E-state index contributed by atoms with van der Waals surface area (Å²) in [5.41, 5.74) is 1.73. The highest BCUT2D eigenvalue weighted by atomic mass is 32.2. The van der Waals surface area contributed by atoms with Crippen LogP contribution in [-0.4, -0.2) is 73.4 Å². The van der Waals surface area contributed by atoms with Gasteiger partial charge in [0, 0.05) is 19.5 Å². The van der Waals surface area contributed by atoms with E-state index in [9.17, 15) is 18.3 Å². The topological polar surface area (TPSA) is 143 Å². The molecule has 5 rings (SSSR count). The van der Waals surface area contributed by atoms with Gasteiger partial charge in [-0.2, -0.15) is 4.31 Å². The average Bonchev–Trinajstić information content (AvgIpc) is 3.46. The highest BCUT2D eigenvalue weighted by molar-refractivity contribution is 7.89. The predicted octanol–water partition coefficient (Wildman–Crippen LogP) is 3.71. The van der Waals surface area contributed by atoms with Crippen LogP contribution in [-0.2, 0) is 30.8 Å². The number of aromatic nitrogens is 2. The maximum Gasteiger partial charge on any atom is 0.286 e. The Morgan fingerprint density at radius 2 is 1.88 bits per heavy atom. The number of fused-ring (bicyclic) bond motifs is 1. The Morgan fingerprint density at radius 1 is 1.12 bits per heavy atom. The molecule has 2 aromatic carbocycles. The second-order valence-electron chi connectivity index (χ2n) is 10.9. The maximum absolute atomic E-state index is 13.3. The van der Waals surface area contributed by atoms with Gasteiger partial charge in [-0.15, -0.1) is 0 Å². The fourth-order valence-corrected chi connectivity index (χ4v) is 7.24. The molecule has 43 heavy (non-hydrogen) atoms. The van der Waals surface area contributed by atoms with Gasteiger partial charge in [-0.25, -0.2) is 13.4 Å². The molecule has 1 amide bonds. The standard InChI is InChI=1S/C31H40N4O7S/c1-40-24-11-13-25(14-12-24)43(38,39)35(15-17-36)16-18-41-30-20-23(22-7-3-2-4-8-22)19-28(42-30)31(37)32-21-29-33-26-9-5-6-10-27(26)34-29/h5-6,9-14,19,22-23,30,36H,2-4,7-8,15-18,20-21H2,1H3,(H,32,37)(H,33,34)/t23-,30+/m0/s1. The lowest BCUT2D eigenvalue weighted by Crippen LogP contribution is -2.39. The van der Waals surface area contributed by atoms with E-state index in [0.29, 0.717) is 23.9 Å². The summed E-state index contributed by atoms with van der Waals surface area (Å²) in [6, 6.07) is 13.8. The number of nitrogens with one attached hydrogen (secondary N) is 2. The summed E-state index contributed by atoms with van der Waals surface area (Å²) < 4.78 is 44.9. The molecule has 1 fully saturated rings. The monoisotopic (exact) mass is 612 g/mol. The van der Waals surface area contributed by atoms with Crippen molar-refractivity contribution < 1.29 is 32.5 Å². The van der Waals surface area contributed by atoms with E-state index >= 15 is 0 Å². The summed E-state index contributed by atoms with van der Waals surface area (Å²) in [7, 11) is -2.36. The first-order valence-corrected chi connectivity index (χ1v) is 16.3. The van der Waals surface area contributed by atoms with Crippen molar-refractivity contribution in [3.8, 4) is 5.75 Å². The number of benzene rings is 2. The highest BCUT2D eigenvalue weighted by Crippen LogP contribution is 2.37. The first kappa shape index (κ1) is 31.0. The van der Waals surface area contributed by atoms with E-state index in [0.717, 1.165) is 36.7 Å². The lowest BCUT2D eigenvalue weighted by molar-refractivity contribution is -0.151. The molecule has 1 aliphatic carbocycles. The Kier molecular flexibility index (Phi) is 10.3. The number of rotatable bonds is 13. The SMILES string of the molecule is COc1ccc(S(=O)(=O)N(CCO)CCO[C@H]2C[C@@H](C3CCCCC3)C=C(C(=O)NCc3nc4ccccc4[nH]3)O2)cc1. The second-order valence-corrected chi connectivity index (χ2v) is 12.9. The van der Waals surface area contributed by atoms with E-state index in [2.05, 4.69) is 15.3 Å². The summed E-state index contributed by atoms with van der Waals surface area (Å²) in [6.45, 7) is -0.153. The summed E-state index contributed by atoms with van der Waals surface area (Å²) in [6.07, 6.45) is 7.52. The van der Waals surface area contributed by atoms with Crippen LogP contribution >= 0.6 is 0 Å². The molecule has 2 atom stereocenters. The van der Waals surface area contributed by atoms with Crippen LogP contribution in [0.15, 0.2) is 65.3 Å². The van der Waals surface area contributed by atoms with Crippen LogP contribution in [0.5, 0.6) is 5.75 Å². The Morgan fingerprint density at radius 3 is 2.60 bits per heavy atom. The normalized spacial score (nSPS) is 19.7. The van der Waals surface area contributed by atoms with Crippen LogP contribution < -0.4 is 10.1 Å². The molecule has 0 saturated heterocycles. The van der Waals surface area contributed by atoms with Crippen molar-refractivity contribution in [3.63, 3.8) is 0 Å².